The molecule has 0 aromatic rings. The van der Waals surface area contributed by atoms with Crippen LogP contribution in [-0.4, -0.2) is 37.6 Å². The minimum Gasteiger partial charge on any atom is -0.317 e. The minimum absolute atomic E-state index is 0.362. The van der Waals surface area contributed by atoms with Crippen LogP contribution in [-0.2, 0) is 0 Å². The Morgan fingerprint density at radius 3 is 2.38 bits per heavy atom. The van der Waals surface area contributed by atoms with Gasteiger partial charge in [0.25, 0.3) is 0 Å². The molecule has 16 heavy (non-hydrogen) atoms. The van der Waals surface area contributed by atoms with Crippen molar-refractivity contribution in [2.45, 2.75) is 47.1 Å². The van der Waals surface area contributed by atoms with Crippen molar-refractivity contribution in [3.05, 3.63) is 0 Å². The van der Waals surface area contributed by atoms with E-state index in [1.807, 2.05) is 0 Å². The third-order valence-electron chi connectivity index (χ3n) is 4.49. The highest BCUT2D eigenvalue weighted by Gasteiger charge is 2.31. The first-order valence-corrected chi connectivity index (χ1v) is 6.76. The van der Waals surface area contributed by atoms with Crippen LogP contribution in [0.15, 0.2) is 0 Å². The molecule has 1 fully saturated rings. The maximum Gasteiger partial charge on any atom is 0.00991 e. The fourth-order valence-corrected chi connectivity index (χ4v) is 2.65. The van der Waals surface area contributed by atoms with E-state index in [0.717, 1.165) is 11.8 Å². The SMILES string of the molecule is CNC(C)C(C)(C)CN1CCC(C(C)C)C1. The van der Waals surface area contributed by atoms with Crippen LogP contribution in [0, 0.1) is 17.3 Å². The fourth-order valence-electron chi connectivity index (χ4n) is 2.65. The van der Waals surface area contributed by atoms with Crippen LogP contribution < -0.4 is 5.32 Å². The number of rotatable bonds is 5. The van der Waals surface area contributed by atoms with Crippen molar-refractivity contribution in [3.8, 4) is 0 Å². The summed E-state index contributed by atoms with van der Waals surface area (Å²) in [6, 6.07) is 0.575. The second kappa shape index (κ2) is 5.50. The zero-order chi connectivity index (χ0) is 12.3. The first-order valence-electron chi connectivity index (χ1n) is 6.76. The molecule has 1 rings (SSSR count). The van der Waals surface area contributed by atoms with Gasteiger partial charge in [0.15, 0.2) is 0 Å². The highest BCUT2D eigenvalue weighted by molar-refractivity contribution is 4.86. The summed E-state index contributed by atoms with van der Waals surface area (Å²) < 4.78 is 0. The van der Waals surface area contributed by atoms with Crippen molar-refractivity contribution in [1.82, 2.24) is 10.2 Å². The Bertz CT molecular complexity index is 211. The molecule has 2 atom stereocenters. The molecule has 0 aliphatic carbocycles. The lowest BCUT2D eigenvalue weighted by Gasteiger charge is -2.35. The molecule has 1 saturated heterocycles. The molecule has 0 spiro atoms. The molecular formula is C14H30N2. The van der Waals surface area contributed by atoms with Gasteiger partial charge in [-0.25, -0.2) is 0 Å². The minimum atomic E-state index is 0.362. The van der Waals surface area contributed by atoms with Crippen LogP contribution in [0.25, 0.3) is 0 Å². The van der Waals surface area contributed by atoms with Crippen LogP contribution in [0.2, 0.25) is 0 Å². The van der Waals surface area contributed by atoms with Crippen molar-refractivity contribution in [2.24, 2.45) is 17.3 Å². The van der Waals surface area contributed by atoms with Crippen LogP contribution in [0.4, 0.5) is 0 Å². The predicted molar refractivity (Wildman–Crippen MR) is 71.7 cm³/mol. The normalized spacial score (nSPS) is 25.3. The Morgan fingerprint density at radius 1 is 1.31 bits per heavy atom. The largest absolute Gasteiger partial charge is 0.317 e. The van der Waals surface area contributed by atoms with Crippen molar-refractivity contribution in [1.29, 1.82) is 0 Å². The Balaban J connectivity index is 2.44. The lowest BCUT2D eigenvalue weighted by atomic mass is 9.85. The van der Waals surface area contributed by atoms with Gasteiger partial charge in [-0.15, -0.1) is 0 Å². The summed E-state index contributed by atoms with van der Waals surface area (Å²) in [5.41, 5.74) is 0.362. The van der Waals surface area contributed by atoms with Gasteiger partial charge in [-0.1, -0.05) is 27.7 Å². The summed E-state index contributed by atoms with van der Waals surface area (Å²) >= 11 is 0. The Labute approximate surface area is 102 Å². The molecule has 0 radical (unpaired) electrons. The van der Waals surface area contributed by atoms with Gasteiger partial charge in [0.2, 0.25) is 0 Å². The molecule has 0 saturated carbocycles. The number of nitrogens with zero attached hydrogens (tertiary/aromatic N) is 1. The van der Waals surface area contributed by atoms with E-state index < -0.39 is 0 Å². The molecular weight excluding hydrogens is 196 g/mol. The first-order chi connectivity index (χ1) is 7.36. The summed E-state index contributed by atoms with van der Waals surface area (Å²) in [6.07, 6.45) is 1.39. The van der Waals surface area contributed by atoms with Gasteiger partial charge in [0.1, 0.15) is 0 Å². The second-order valence-corrected chi connectivity index (χ2v) is 6.53. The van der Waals surface area contributed by atoms with Crippen LogP contribution in [0.3, 0.4) is 0 Å². The van der Waals surface area contributed by atoms with Gasteiger partial charge in [-0.05, 0) is 44.2 Å². The lowest BCUT2D eigenvalue weighted by molar-refractivity contribution is 0.162. The molecule has 2 unspecified atom stereocenters. The molecule has 0 bridgehead atoms. The second-order valence-electron chi connectivity index (χ2n) is 6.53. The van der Waals surface area contributed by atoms with Gasteiger partial charge in [-0.3, -0.25) is 0 Å². The molecule has 2 heteroatoms. The number of hydrogen-bond acceptors (Lipinski definition) is 2. The van der Waals surface area contributed by atoms with E-state index in [0.29, 0.717) is 11.5 Å². The van der Waals surface area contributed by atoms with Crippen LogP contribution in [0.1, 0.15) is 41.0 Å². The average Bonchev–Trinajstić information content (AvgIpc) is 2.64. The molecule has 0 aromatic heterocycles. The molecule has 1 aliphatic heterocycles. The zero-order valence-corrected chi connectivity index (χ0v) is 12.0. The van der Waals surface area contributed by atoms with Crippen molar-refractivity contribution in [2.75, 3.05) is 26.7 Å². The summed E-state index contributed by atoms with van der Waals surface area (Å²) in [6.45, 7) is 15.6. The summed E-state index contributed by atoms with van der Waals surface area (Å²) in [5.74, 6) is 1.76. The zero-order valence-electron chi connectivity index (χ0n) is 12.0. The Kier molecular flexibility index (Phi) is 4.81. The van der Waals surface area contributed by atoms with Gasteiger partial charge in [-0.2, -0.15) is 0 Å². The van der Waals surface area contributed by atoms with Gasteiger partial charge < -0.3 is 10.2 Å². The molecule has 1 N–H and O–H groups in total. The van der Waals surface area contributed by atoms with E-state index >= 15 is 0 Å². The topological polar surface area (TPSA) is 15.3 Å². The number of hydrogen-bond donors (Lipinski definition) is 1. The van der Waals surface area contributed by atoms with Crippen molar-refractivity contribution >= 4 is 0 Å². The molecule has 2 nitrogen and oxygen atoms in total. The molecule has 96 valence electrons. The quantitative estimate of drug-likeness (QED) is 0.775. The van der Waals surface area contributed by atoms with Crippen LogP contribution in [0.5, 0.6) is 0 Å². The van der Waals surface area contributed by atoms with Gasteiger partial charge in [0.05, 0.1) is 0 Å². The summed E-state index contributed by atoms with van der Waals surface area (Å²) in [5, 5.41) is 3.39. The third-order valence-corrected chi connectivity index (χ3v) is 4.49. The van der Waals surface area contributed by atoms with Crippen LogP contribution >= 0.6 is 0 Å². The van der Waals surface area contributed by atoms with E-state index in [4.69, 9.17) is 0 Å². The first kappa shape index (κ1) is 14.0. The van der Waals surface area contributed by atoms with E-state index in [-0.39, 0.29) is 0 Å². The standard InChI is InChI=1S/C14H30N2/c1-11(2)13-7-8-16(9-13)10-14(4,5)12(3)15-6/h11-13,15H,7-10H2,1-6H3. The molecule has 0 aromatic carbocycles. The molecule has 1 heterocycles. The highest BCUT2D eigenvalue weighted by Crippen LogP contribution is 2.28. The van der Waals surface area contributed by atoms with E-state index in [2.05, 4.69) is 51.9 Å². The van der Waals surface area contributed by atoms with Gasteiger partial charge in [0, 0.05) is 19.1 Å². The lowest BCUT2D eigenvalue weighted by Crippen LogP contribution is -2.45. The monoisotopic (exact) mass is 226 g/mol. The van der Waals surface area contributed by atoms with E-state index in [1.165, 1.54) is 26.1 Å². The molecule has 1 aliphatic rings. The predicted octanol–water partition coefficient (Wildman–Crippen LogP) is 2.60. The van der Waals surface area contributed by atoms with Crippen molar-refractivity contribution < 1.29 is 0 Å². The summed E-state index contributed by atoms with van der Waals surface area (Å²) in [4.78, 5) is 2.65. The third kappa shape index (κ3) is 3.46. The molecule has 0 amide bonds. The Morgan fingerprint density at radius 2 is 1.94 bits per heavy atom. The van der Waals surface area contributed by atoms with Crippen molar-refractivity contribution in [3.63, 3.8) is 0 Å². The fraction of sp³-hybridized carbons (Fsp3) is 1.00. The average molecular weight is 226 g/mol. The number of nitrogens with one attached hydrogen (secondary N) is 1. The highest BCUT2D eigenvalue weighted by atomic mass is 15.2. The Hall–Kier alpha value is -0.0800. The smallest absolute Gasteiger partial charge is 0.00991 e. The van der Waals surface area contributed by atoms with Gasteiger partial charge >= 0.3 is 0 Å². The maximum atomic E-state index is 3.39. The summed E-state index contributed by atoms with van der Waals surface area (Å²) in [7, 11) is 2.06. The maximum absolute atomic E-state index is 3.39. The number of likely N-dealkylation sites (tertiary alicyclic amines) is 1. The van der Waals surface area contributed by atoms with E-state index in [9.17, 15) is 0 Å². The van der Waals surface area contributed by atoms with E-state index in [1.54, 1.807) is 0 Å².